The van der Waals surface area contributed by atoms with Gasteiger partial charge in [0.1, 0.15) is 67.9 Å². The summed E-state index contributed by atoms with van der Waals surface area (Å²) in [5, 5.41) is 52.1. The quantitative estimate of drug-likeness (QED) is 0.107. The molecule has 0 saturated carbocycles. The number of fused-ring (bicyclic) bond motifs is 1. The lowest BCUT2D eigenvalue weighted by molar-refractivity contribution is -0.114. The normalized spacial score (nSPS) is 15.0. The van der Waals surface area contributed by atoms with Crippen molar-refractivity contribution in [2.45, 2.75) is 51.1 Å². The molecule has 0 fully saturated rings. The number of nitrogens with one attached hydrogen (secondary N) is 1. The minimum absolute atomic E-state index is 0.0420. The van der Waals surface area contributed by atoms with Crippen molar-refractivity contribution in [1.82, 2.24) is 5.32 Å². The number of rotatable bonds is 15. The fraction of sp³-hybridized carbons (Fsp3) is 0.333. The average Bonchev–Trinajstić information content (AvgIpc) is 3.10. The van der Waals surface area contributed by atoms with E-state index in [-0.39, 0.29) is 48.4 Å². The van der Waals surface area contributed by atoms with Gasteiger partial charge in [-0.1, -0.05) is 35.9 Å². The number of halogens is 3. The van der Waals surface area contributed by atoms with E-state index in [2.05, 4.69) is 5.32 Å². The molecule has 262 valence electrons. The van der Waals surface area contributed by atoms with Crippen LogP contribution in [-0.4, -0.2) is 76.3 Å². The van der Waals surface area contributed by atoms with E-state index in [1.165, 1.54) is 6.07 Å². The third-order valence-corrected chi connectivity index (χ3v) is 8.49. The van der Waals surface area contributed by atoms with Gasteiger partial charge in [0.25, 0.3) is 0 Å². The molecule has 0 aromatic heterocycles. The lowest BCUT2D eigenvalue weighted by atomic mass is 9.96. The van der Waals surface area contributed by atoms with Gasteiger partial charge < -0.3 is 49.8 Å². The molecule has 4 aromatic rings. The molecule has 4 atom stereocenters. The van der Waals surface area contributed by atoms with E-state index in [1.54, 1.807) is 12.1 Å². The molecule has 4 aromatic carbocycles. The maximum absolute atomic E-state index is 14.4. The molecule has 5 rings (SSSR count). The Kier molecular flexibility index (Phi) is 12.3. The molecule has 6 N–H and O–H groups in total. The van der Waals surface area contributed by atoms with Crippen LogP contribution in [0.2, 0.25) is 5.02 Å². The Morgan fingerprint density at radius 2 is 1.51 bits per heavy atom. The molecule has 13 heteroatoms. The van der Waals surface area contributed by atoms with Crippen molar-refractivity contribution in [3.8, 4) is 34.1 Å². The van der Waals surface area contributed by atoms with Crippen molar-refractivity contribution in [3.63, 3.8) is 0 Å². The van der Waals surface area contributed by atoms with Crippen LogP contribution in [0.3, 0.4) is 0 Å². The zero-order valence-electron chi connectivity index (χ0n) is 26.6. The van der Waals surface area contributed by atoms with E-state index < -0.39 is 42.7 Å². The minimum Gasteiger partial charge on any atom is -0.488 e. The van der Waals surface area contributed by atoms with Gasteiger partial charge in [0.05, 0.1) is 17.7 Å². The number of aliphatic hydroxyl groups is 5. The van der Waals surface area contributed by atoms with Gasteiger partial charge >= 0.3 is 0 Å². The summed E-state index contributed by atoms with van der Waals surface area (Å²) in [7, 11) is 0. The lowest BCUT2D eigenvalue weighted by Gasteiger charge is -2.26. The highest BCUT2D eigenvalue weighted by Crippen LogP contribution is 2.37. The molecule has 0 spiro atoms. The molecule has 0 amide bonds. The smallest absolute Gasteiger partial charge is 0.161 e. The highest BCUT2D eigenvalue weighted by Gasteiger charge is 2.30. The van der Waals surface area contributed by atoms with Gasteiger partial charge in [0, 0.05) is 36.3 Å². The van der Waals surface area contributed by atoms with Crippen LogP contribution in [0.15, 0.2) is 66.7 Å². The lowest BCUT2D eigenvalue weighted by Crippen LogP contribution is -2.48. The van der Waals surface area contributed by atoms with Gasteiger partial charge in [-0.3, -0.25) is 0 Å². The van der Waals surface area contributed by atoms with Gasteiger partial charge in [-0.25, -0.2) is 8.78 Å². The standard InChI is InChI=1S/C36H38ClF2NO9/c1-20-22(3-2-4-26(20)21-6-8-31-34(12-21)47-10-9-46-31)18-49-33-14-32(48-19-23-5-7-25(38)13-28(23)39)24(11-27(33)37)15-40-16-29(42)35(44)36(45)30(43)17-41/h2-8,11-14,29-30,35-36,40-45H,9-10,15-19H2,1H3. The second-order valence-electron chi connectivity index (χ2n) is 11.6. The number of ether oxygens (including phenoxy) is 4. The molecule has 1 heterocycles. The Labute approximate surface area is 287 Å². The maximum Gasteiger partial charge on any atom is 0.161 e. The summed E-state index contributed by atoms with van der Waals surface area (Å²) >= 11 is 6.64. The summed E-state index contributed by atoms with van der Waals surface area (Å²) in [6.45, 7) is 1.90. The second kappa shape index (κ2) is 16.6. The van der Waals surface area contributed by atoms with Crippen molar-refractivity contribution in [2.24, 2.45) is 0 Å². The van der Waals surface area contributed by atoms with Gasteiger partial charge in [-0.05, 0) is 59.5 Å². The Balaban J connectivity index is 1.33. The third kappa shape index (κ3) is 8.97. The maximum atomic E-state index is 14.4. The Hall–Kier alpha value is -4.01. The summed E-state index contributed by atoms with van der Waals surface area (Å²) < 4.78 is 51.4. The Morgan fingerprint density at radius 1 is 0.796 bits per heavy atom. The summed E-state index contributed by atoms with van der Waals surface area (Å²) in [4.78, 5) is 0. The van der Waals surface area contributed by atoms with Crippen molar-refractivity contribution in [3.05, 3.63) is 106 Å². The Bertz CT molecular complexity index is 1740. The molecule has 1 aliphatic rings. The molecule has 0 aliphatic carbocycles. The van der Waals surface area contributed by atoms with Crippen LogP contribution in [0.1, 0.15) is 22.3 Å². The summed E-state index contributed by atoms with van der Waals surface area (Å²) in [5.74, 6) is 0.413. The summed E-state index contributed by atoms with van der Waals surface area (Å²) in [6.07, 6.45) is -6.67. The molecule has 4 unspecified atom stereocenters. The fourth-order valence-electron chi connectivity index (χ4n) is 5.31. The van der Waals surface area contributed by atoms with Gasteiger partial charge in [0.15, 0.2) is 11.5 Å². The highest BCUT2D eigenvalue weighted by atomic mass is 35.5. The monoisotopic (exact) mass is 701 g/mol. The molecular formula is C36H38ClF2NO9. The van der Waals surface area contributed by atoms with Crippen LogP contribution in [-0.2, 0) is 19.8 Å². The van der Waals surface area contributed by atoms with E-state index in [4.69, 9.17) is 35.7 Å². The molecular weight excluding hydrogens is 664 g/mol. The molecule has 10 nitrogen and oxygen atoms in total. The first-order valence-electron chi connectivity index (χ1n) is 15.6. The van der Waals surface area contributed by atoms with Crippen LogP contribution < -0.4 is 24.3 Å². The average molecular weight is 702 g/mol. The van der Waals surface area contributed by atoms with Crippen LogP contribution in [0.4, 0.5) is 8.78 Å². The van der Waals surface area contributed by atoms with Crippen LogP contribution >= 0.6 is 11.6 Å². The van der Waals surface area contributed by atoms with E-state index in [0.717, 1.165) is 34.4 Å². The summed E-state index contributed by atoms with van der Waals surface area (Å²) in [6, 6.07) is 17.9. The predicted molar refractivity (Wildman–Crippen MR) is 177 cm³/mol. The Morgan fingerprint density at radius 3 is 2.27 bits per heavy atom. The SMILES string of the molecule is Cc1c(COc2cc(OCc3ccc(F)cc3F)c(CNCC(O)C(O)C(O)C(O)CO)cc2Cl)cccc1-c1ccc2c(c1)OCCO2. The molecule has 0 bridgehead atoms. The minimum atomic E-state index is -1.77. The first-order valence-corrected chi connectivity index (χ1v) is 16.0. The molecule has 0 radical (unpaired) electrons. The largest absolute Gasteiger partial charge is 0.488 e. The van der Waals surface area contributed by atoms with Crippen LogP contribution in [0.25, 0.3) is 11.1 Å². The van der Waals surface area contributed by atoms with Gasteiger partial charge in [0.2, 0.25) is 0 Å². The topological polar surface area (TPSA) is 150 Å². The van der Waals surface area contributed by atoms with Crippen molar-refractivity contribution in [2.75, 3.05) is 26.4 Å². The number of hydrogen-bond acceptors (Lipinski definition) is 10. The number of benzene rings is 4. The van der Waals surface area contributed by atoms with Crippen molar-refractivity contribution >= 4 is 11.6 Å². The predicted octanol–water partition coefficient (Wildman–Crippen LogP) is 4.05. The number of aliphatic hydroxyl groups excluding tert-OH is 5. The van der Waals surface area contributed by atoms with Gasteiger partial charge in [-0.15, -0.1) is 0 Å². The van der Waals surface area contributed by atoms with E-state index in [0.29, 0.717) is 30.3 Å². The first-order chi connectivity index (χ1) is 23.5. The van der Waals surface area contributed by atoms with Crippen LogP contribution in [0, 0.1) is 18.6 Å². The van der Waals surface area contributed by atoms with Crippen LogP contribution in [0.5, 0.6) is 23.0 Å². The molecule has 0 saturated heterocycles. The highest BCUT2D eigenvalue weighted by molar-refractivity contribution is 6.32. The fourth-order valence-corrected chi connectivity index (χ4v) is 5.55. The number of hydrogen-bond donors (Lipinski definition) is 6. The zero-order chi connectivity index (χ0) is 35.1. The third-order valence-electron chi connectivity index (χ3n) is 8.19. The van der Waals surface area contributed by atoms with E-state index >= 15 is 0 Å². The van der Waals surface area contributed by atoms with E-state index in [9.17, 15) is 29.2 Å². The van der Waals surface area contributed by atoms with Gasteiger partial charge in [-0.2, -0.15) is 0 Å². The molecule has 49 heavy (non-hydrogen) atoms. The summed E-state index contributed by atoms with van der Waals surface area (Å²) in [5.41, 5.74) is 4.41. The van der Waals surface area contributed by atoms with E-state index in [1.807, 2.05) is 43.3 Å². The van der Waals surface area contributed by atoms with Crippen molar-refractivity contribution < 1.29 is 53.3 Å². The van der Waals surface area contributed by atoms with Crippen molar-refractivity contribution in [1.29, 1.82) is 0 Å². The molecule has 1 aliphatic heterocycles. The zero-order valence-corrected chi connectivity index (χ0v) is 27.4. The second-order valence-corrected chi connectivity index (χ2v) is 12.0. The first kappa shape index (κ1) is 36.3.